The lowest BCUT2D eigenvalue weighted by atomic mass is 9.88. The van der Waals surface area contributed by atoms with Gasteiger partial charge in [-0.15, -0.1) is 0 Å². The van der Waals surface area contributed by atoms with E-state index in [1.54, 1.807) is 19.9 Å². The molecule has 4 aromatic carbocycles. The first-order chi connectivity index (χ1) is 26.6. The van der Waals surface area contributed by atoms with Crippen molar-refractivity contribution in [2.75, 3.05) is 6.54 Å². The number of carboxylic acid groups (broad SMARTS) is 1. The number of benzene rings is 4. The maximum Gasteiger partial charge on any atom is 0.326 e. The van der Waals surface area contributed by atoms with Crippen LogP contribution in [0.5, 0.6) is 5.75 Å². The molecule has 13 heteroatoms. The molecule has 292 valence electrons. The number of ether oxygens (including phenoxy) is 1. The molecule has 6 N–H and O–H groups in total. The third-order valence-electron chi connectivity index (χ3n) is 10.4. The Morgan fingerprint density at radius 1 is 0.946 bits per heavy atom. The van der Waals surface area contributed by atoms with Crippen LogP contribution in [0.1, 0.15) is 77.0 Å². The molecule has 1 aliphatic rings. The zero-order valence-electron chi connectivity index (χ0n) is 32.2. The van der Waals surface area contributed by atoms with E-state index in [0.29, 0.717) is 35.4 Å². The number of carbonyl (C=O) groups is 2. The summed E-state index contributed by atoms with van der Waals surface area (Å²) < 4.78 is 35.6. The highest BCUT2D eigenvalue weighted by Crippen LogP contribution is 2.42. The molecule has 1 aromatic heterocycles. The normalized spacial score (nSPS) is 14.4. The third-order valence-corrected chi connectivity index (χ3v) is 12.0. The van der Waals surface area contributed by atoms with Gasteiger partial charge in [0, 0.05) is 18.7 Å². The summed E-state index contributed by atoms with van der Waals surface area (Å²) in [6, 6.07) is 23.9. The molecule has 0 radical (unpaired) electrons. The van der Waals surface area contributed by atoms with Crippen LogP contribution in [-0.2, 0) is 27.7 Å². The number of hydrogen-bond donors (Lipinski definition) is 5. The zero-order chi connectivity index (χ0) is 40.4. The number of rotatable bonds is 12. The molecule has 0 spiro atoms. The van der Waals surface area contributed by atoms with Crippen LogP contribution >= 0.6 is 0 Å². The van der Waals surface area contributed by atoms with E-state index >= 15 is 0 Å². The van der Waals surface area contributed by atoms with Gasteiger partial charge in [-0.1, -0.05) is 66.7 Å². The first-order valence-electron chi connectivity index (χ1n) is 18.5. The van der Waals surface area contributed by atoms with Crippen LogP contribution in [-0.4, -0.2) is 54.5 Å². The predicted octanol–water partition coefficient (Wildman–Crippen LogP) is 6.07. The number of aliphatic imine (C=N–C) groups is 1. The van der Waals surface area contributed by atoms with E-state index in [-0.39, 0.29) is 41.4 Å². The highest BCUT2D eigenvalue weighted by molar-refractivity contribution is 7.90. The summed E-state index contributed by atoms with van der Waals surface area (Å²) in [5.41, 5.74) is 11.2. The van der Waals surface area contributed by atoms with Crippen LogP contribution in [0.3, 0.4) is 0 Å². The van der Waals surface area contributed by atoms with Gasteiger partial charge in [-0.25, -0.2) is 17.9 Å². The van der Waals surface area contributed by atoms with Gasteiger partial charge in [0.05, 0.1) is 4.90 Å². The van der Waals surface area contributed by atoms with Gasteiger partial charge in [0.2, 0.25) is 5.96 Å². The Bertz CT molecular complexity index is 2540. The van der Waals surface area contributed by atoms with Crippen molar-refractivity contribution in [3.05, 3.63) is 128 Å². The van der Waals surface area contributed by atoms with Crippen molar-refractivity contribution in [3.63, 3.8) is 0 Å². The number of nitrogens with zero attached hydrogens (tertiary/aromatic N) is 1. The van der Waals surface area contributed by atoms with E-state index in [1.165, 1.54) is 6.07 Å². The Kier molecular flexibility index (Phi) is 11.4. The van der Waals surface area contributed by atoms with Gasteiger partial charge in [-0.05, 0) is 122 Å². The smallest absolute Gasteiger partial charge is 0.326 e. The SMILES string of the molecule is Cc1c(C)c(S(=O)(=O)NC(N)=NCCC[C@H](NC(=O)c2ccc(Cc3ccccc3-c3cccc4ccccc34)[nH]c2=O)C(=O)O)c(C)c2c1OC(C)(C)CC2. The molecule has 0 fully saturated rings. The summed E-state index contributed by atoms with van der Waals surface area (Å²) in [4.78, 5) is 45.3. The van der Waals surface area contributed by atoms with Gasteiger partial charge >= 0.3 is 5.97 Å². The van der Waals surface area contributed by atoms with Crippen molar-refractivity contribution in [2.24, 2.45) is 10.7 Å². The van der Waals surface area contributed by atoms with Gasteiger partial charge < -0.3 is 25.9 Å². The summed E-state index contributed by atoms with van der Waals surface area (Å²) in [6.07, 6.45) is 1.90. The van der Waals surface area contributed by atoms with E-state index in [1.807, 2.05) is 63.2 Å². The first kappa shape index (κ1) is 39.7. The minimum absolute atomic E-state index is 0.0202. The molecule has 12 nitrogen and oxygen atoms in total. The standard InChI is InChI=1S/C43H47N5O7S/c1-25-26(2)38(27(3)31-21-22-43(4,5)55-37(25)31)56(53,54)48-42(44)45-23-11-18-36(41(51)52)47-40(50)35-20-19-30(46-39(35)49)24-29-13-7-9-16-33(29)34-17-10-14-28-12-6-8-15-32(28)34/h6-10,12-17,19-20,36H,11,18,21-24H2,1-5H3,(H,46,49)(H,47,50)(H,51,52)(H3,44,45,48)/t36-/m0/s1. The number of hydrogen-bond acceptors (Lipinski definition) is 7. The number of carboxylic acids is 1. The molecule has 1 aliphatic heterocycles. The number of nitrogens with one attached hydrogen (secondary N) is 3. The van der Waals surface area contributed by atoms with Crippen molar-refractivity contribution in [2.45, 2.75) is 83.3 Å². The molecule has 0 unspecified atom stereocenters. The zero-order valence-corrected chi connectivity index (χ0v) is 33.0. The van der Waals surface area contributed by atoms with Crippen LogP contribution in [0.15, 0.2) is 93.5 Å². The second-order valence-corrected chi connectivity index (χ2v) is 16.5. The van der Waals surface area contributed by atoms with E-state index in [4.69, 9.17) is 10.5 Å². The van der Waals surface area contributed by atoms with Crippen molar-refractivity contribution >= 4 is 38.6 Å². The Balaban J connectivity index is 1.08. The van der Waals surface area contributed by atoms with Crippen molar-refractivity contribution in [3.8, 4) is 16.9 Å². The Hall–Kier alpha value is -5.95. The summed E-state index contributed by atoms with van der Waals surface area (Å²) in [6.45, 7) is 9.31. The van der Waals surface area contributed by atoms with Gasteiger partial charge in [0.15, 0.2) is 0 Å². The largest absolute Gasteiger partial charge is 0.487 e. The predicted molar refractivity (Wildman–Crippen MR) is 218 cm³/mol. The number of pyridine rings is 1. The Labute approximate surface area is 326 Å². The van der Waals surface area contributed by atoms with Gasteiger partial charge in [-0.2, -0.15) is 0 Å². The monoisotopic (exact) mass is 777 g/mol. The molecule has 5 aromatic rings. The summed E-state index contributed by atoms with van der Waals surface area (Å²) in [5, 5.41) is 14.5. The third kappa shape index (κ3) is 8.47. The molecule has 1 atom stereocenters. The van der Waals surface area contributed by atoms with Crippen LogP contribution in [0.2, 0.25) is 0 Å². The fraction of sp³-hybridized carbons (Fsp3) is 0.302. The number of nitrogens with two attached hydrogens (primary N) is 1. The highest BCUT2D eigenvalue weighted by Gasteiger charge is 2.33. The fourth-order valence-electron chi connectivity index (χ4n) is 7.36. The molecule has 56 heavy (non-hydrogen) atoms. The molecular weight excluding hydrogens is 731 g/mol. The summed E-state index contributed by atoms with van der Waals surface area (Å²) >= 11 is 0. The number of fused-ring (bicyclic) bond motifs is 2. The van der Waals surface area contributed by atoms with Crippen LogP contribution in [0.25, 0.3) is 21.9 Å². The number of amides is 1. The number of aromatic nitrogens is 1. The van der Waals surface area contributed by atoms with Crippen molar-refractivity contribution in [1.29, 1.82) is 0 Å². The topological polar surface area (TPSA) is 193 Å². The first-order valence-corrected chi connectivity index (χ1v) is 20.0. The number of guanidine groups is 1. The minimum Gasteiger partial charge on any atom is -0.487 e. The number of aromatic amines is 1. The van der Waals surface area contributed by atoms with E-state index in [9.17, 15) is 27.9 Å². The lowest BCUT2D eigenvalue weighted by Gasteiger charge is -2.35. The minimum atomic E-state index is -4.11. The van der Waals surface area contributed by atoms with Gasteiger partial charge in [0.1, 0.15) is 23.0 Å². The number of carbonyl (C=O) groups excluding carboxylic acids is 1. The average molecular weight is 778 g/mol. The Morgan fingerprint density at radius 3 is 2.39 bits per heavy atom. The van der Waals surface area contributed by atoms with Crippen molar-refractivity contribution in [1.82, 2.24) is 15.0 Å². The van der Waals surface area contributed by atoms with E-state index < -0.39 is 33.5 Å². The van der Waals surface area contributed by atoms with Crippen molar-refractivity contribution < 1.29 is 27.9 Å². The molecular formula is C43H47N5O7S. The lowest BCUT2D eigenvalue weighted by Crippen LogP contribution is -2.42. The second-order valence-electron chi connectivity index (χ2n) is 14.8. The second kappa shape index (κ2) is 16.0. The average Bonchev–Trinajstić information content (AvgIpc) is 3.14. The lowest BCUT2D eigenvalue weighted by molar-refractivity contribution is -0.139. The molecule has 0 bridgehead atoms. The maximum absolute atomic E-state index is 13.5. The fourth-order valence-corrected chi connectivity index (χ4v) is 8.88. The number of sulfonamides is 1. The Morgan fingerprint density at radius 2 is 1.64 bits per heavy atom. The molecule has 1 amide bonds. The van der Waals surface area contributed by atoms with Gasteiger partial charge in [-0.3, -0.25) is 14.6 Å². The molecule has 6 rings (SSSR count). The summed E-state index contributed by atoms with van der Waals surface area (Å²) in [7, 11) is -4.11. The highest BCUT2D eigenvalue weighted by atomic mass is 32.2. The van der Waals surface area contributed by atoms with Gasteiger partial charge in [0.25, 0.3) is 21.5 Å². The van der Waals surface area contributed by atoms with Crippen LogP contribution in [0.4, 0.5) is 0 Å². The number of H-pyrrole nitrogens is 1. The maximum atomic E-state index is 13.5. The quantitative estimate of drug-likeness (QED) is 0.0572. The molecule has 0 saturated heterocycles. The van der Waals surface area contributed by atoms with Crippen LogP contribution in [0, 0.1) is 20.8 Å². The molecule has 0 aliphatic carbocycles. The number of aliphatic carboxylic acids is 1. The van der Waals surface area contributed by atoms with E-state index in [2.05, 4.69) is 44.3 Å². The summed E-state index contributed by atoms with van der Waals surface area (Å²) in [5.74, 6) is -1.76. The van der Waals surface area contributed by atoms with Crippen LogP contribution < -0.4 is 26.1 Å². The molecule has 2 heterocycles. The van der Waals surface area contributed by atoms with E-state index in [0.717, 1.165) is 45.0 Å². The molecule has 0 saturated carbocycles.